The molecule has 0 bridgehead atoms. The molecular formula is C19H22F3N3O2S. The second kappa shape index (κ2) is 8.91. The Kier molecular flexibility index (Phi) is 6.56. The predicted octanol–water partition coefficient (Wildman–Crippen LogP) is 4.41. The number of nitrogens with zero attached hydrogens (tertiary/aromatic N) is 2. The Labute approximate surface area is 165 Å². The number of nitrogens with one attached hydrogen (secondary N) is 1. The summed E-state index contributed by atoms with van der Waals surface area (Å²) in [5, 5.41) is 5.07. The van der Waals surface area contributed by atoms with E-state index in [1.807, 2.05) is 5.38 Å². The summed E-state index contributed by atoms with van der Waals surface area (Å²) in [6, 6.07) is 4.22. The quantitative estimate of drug-likeness (QED) is 0.762. The van der Waals surface area contributed by atoms with Gasteiger partial charge in [-0.1, -0.05) is 6.92 Å². The van der Waals surface area contributed by atoms with E-state index in [9.17, 15) is 18.0 Å². The first-order valence-corrected chi connectivity index (χ1v) is 9.94. The maximum atomic E-state index is 12.5. The largest absolute Gasteiger partial charge is 0.484 e. The second-order valence-corrected chi connectivity index (χ2v) is 7.82. The van der Waals surface area contributed by atoms with Gasteiger partial charge in [0.05, 0.1) is 11.3 Å². The van der Waals surface area contributed by atoms with Crippen LogP contribution in [0, 0.1) is 5.92 Å². The number of aromatic nitrogens is 1. The van der Waals surface area contributed by atoms with Crippen molar-refractivity contribution in [2.75, 3.05) is 25.0 Å². The molecular weight excluding hydrogens is 391 g/mol. The summed E-state index contributed by atoms with van der Waals surface area (Å²) in [6.45, 7) is 4.84. The van der Waals surface area contributed by atoms with Gasteiger partial charge in [0.25, 0.3) is 5.91 Å². The van der Waals surface area contributed by atoms with Crippen LogP contribution in [-0.2, 0) is 17.5 Å². The minimum Gasteiger partial charge on any atom is -0.484 e. The Hall–Kier alpha value is -2.13. The van der Waals surface area contributed by atoms with Crippen LogP contribution >= 0.6 is 11.3 Å². The van der Waals surface area contributed by atoms with Gasteiger partial charge in [0.1, 0.15) is 5.75 Å². The van der Waals surface area contributed by atoms with Crippen molar-refractivity contribution in [1.29, 1.82) is 0 Å². The summed E-state index contributed by atoms with van der Waals surface area (Å²) < 4.78 is 42.8. The number of rotatable bonds is 6. The van der Waals surface area contributed by atoms with Gasteiger partial charge < -0.3 is 4.74 Å². The average molecular weight is 413 g/mol. The lowest BCUT2D eigenvalue weighted by Crippen LogP contribution is -2.32. The maximum Gasteiger partial charge on any atom is 0.416 e. The van der Waals surface area contributed by atoms with Gasteiger partial charge in [0.2, 0.25) is 0 Å². The van der Waals surface area contributed by atoms with Crippen LogP contribution in [-0.4, -0.2) is 35.5 Å². The van der Waals surface area contributed by atoms with Crippen molar-refractivity contribution in [3.05, 3.63) is 40.9 Å². The predicted molar refractivity (Wildman–Crippen MR) is 101 cm³/mol. The molecule has 152 valence electrons. The van der Waals surface area contributed by atoms with Gasteiger partial charge >= 0.3 is 6.18 Å². The highest BCUT2D eigenvalue weighted by Gasteiger charge is 2.30. The lowest BCUT2D eigenvalue weighted by atomic mass is 9.99. The Balaban J connectivity index is 1.44. The van der Waals surface area contributed by atoms with Crippen LogP contribution in [0.15, 0.2) is 29.6 Å². The average Bonchev–Trinajstić information content (AvgIpc) is 3.08. The van der Waals surface area contributed by atoms with Gasteiger partial charge in [-0.3, -0.25) is 15.0 Å². The number of amides is 1. The number of anilines is 1. The third-order valence-electron chi connectivity index (χ3n) is 4.61. The number of likely N-dealkylation sites (tertiary alicyclic amines) is 1. The molecule has 1 amide bonds. The molecule has 1 saturated heterocycles. The fraction of sp³-hybridized carbons (Fsp3) is 0.474. The van der Waals surface area contributed by atoms with E-state index in [2.05, 4.69) is 22.1 Å². The van der Waals surface area contributed by atoms with Crippen LogP contribution in [0.4, 0.5) is 18.3 Å². The van der Waals surface area contributed by atoms with Crippen molar-refractivity contribution >= 4 is 22.4 Å². The molecule has 1 N–H and O–H groups in total. The van der Waals surface area contributed by atoms with Gasteiger partial charge in [0, 0.05) is 11.9 Å². The third-order valence-corrected chi connectivity index (χ3v) is 5.42. The molecule has 1 aliphatic heterocycles. The van der Waals surface area contributed by atoms with Crippen molar-refractivity contribution in [3.8, 4) is 5.75 Å². The van der Waals surface area contributed by atoms with E-state index in [0.717, 1.165) is 43.4 Å². The molecule has 28 heavy (non-hydrogen) atoms. The van der Waals surface area contributed by atoms with Crippen molar-refractivity contribution in [3.63, 3.8) is 0 Å². The van der Waals surface area contributed by atoms with E-state index in [1.54, 1.807) is 0 Å². The van der Waals surface area contributed by atoms with Crippen LogP contribution in [0.3, 0.4) is 0 Å². The van der Waals surface area contributed by atoms with Crippen LogP contribution in [0.2, 0.25) is 0 Å². The molecule has 0 aliphatic carbocycles. The molecule has 2 heterocycles. The number of piperidine rings is 1. The van der Waals surface area contributed by atoms with Gasteiger partial charge in [-0.25, -0.2) is 4.98 Å². The van der Waals surface area contributed by atoms with Gasteiger partial charge in [-0.15, -0.1) is 11.3 Å². The summed E-state index contributed by atoms with van der Waals surface area (Å²) in [7, 11) is 0. The van der Waals surface area contributed by atoms with E-state index < -0.39 is 17.6 Å². The van der Waals surface area contributed by atoms with E-state index in [-0.39, 0.29) is 12.4 Å². The number of halogens is 3. The number of benzene rings is 1. The van der Waals surface area contributed by atoms with Gasteiger partial charge in [-0.05, 0) is 56.1 Å². The summed E-state index contributed by atoms with van der Waals surface area (Å²) >= 11 is 1.34. The molecule has 1 fully saturated rings. The molecule has 1 aromatic carbocycles. The van der Waals surface area contributed by atoms with Crippen molar-refractivity contribution < 1.29 is 22.7 Å². The lowest BCUT2D eigenvalue weighted by molar-refractivity contribution is -0.137. The number of carbonyl (C=O) groups is 1. The zero-order valence-corrected chi connectivity index (χ0v) is 16.3. The highest BCUT2D eigenvalue weighted by atomic mass is 32.1. The zero-order chi connectivity index (χ0) is 20.1. The standard InChI is InChI=1S/C19H22F3N3O2S/c1-13-6-8-25(9-7-13)10-15-12-28-18(23-15)24-17(26)11-27-16-4-2-14(3-5-16)19(20,21)22/h2-5,12-13H,6-11H2,1H3,(H,23,24,26). The fourth-order valence-corrected chi connectivity index (χ4v) is 3.65. The summed E-state index contributed by atoms with van der Waals surface area (Å²) in [5.74, 6) is 0.557. The summed E-state index contributed by atoms with van der Waals surface area (Å²) in [6.07, 6.45) is -2.02. The van der Waals surface area contributed by atoms with Crippen molar-refractivity contribution in [1.82, 2.24) is 9.88 Å². The SMILES string of the molecule is CC1CCN(Cc2csc(NC(=O)COc3ccc(C(F)(F)F)cc3)n2)CC1. The van der Waals surface area contributed by atoms with E-state index in [1.165, 1.54) is 36.3 Å². The molecule has 9 heteroatoms. The van der Waals surface area contributed by atoms with Crippen molar-refractivity contribution in [2.24, 2.45) is 5.92 Å². The molecule has 1 aromatic heterocycles. The van der Waals surface area contributed by atoms with Crippen molar-refractivity contribution in [2.45, 2.75) is 32.5 Å². The first kappa shape index (κ1) is 20.6. The topological polar surface area (TPSA) is 54.5 Å². The molecule has 0 radical (unpaired) electrons. The highest BCUT2D eigenvalue weighted by Crippen LogP contribution is 2.30. The minimum atomic E-state index is -4.40. The molecule has 0 saturated carbocycles. The Morgan fingerprint density at radius 1 is 1.29 bits per heavy atom. The Bertz CT molecular complexity index is 784. The first-order chi connectivity index (χ1) is 13.3. The molecule has 2 aromatic rings. The maximum absolute atomic E-state index is 12.5. The number of alkyl halides is 3. The number of hydrogen-bond acceptors (Lipinski definition) is 5. The summed E-state index contributed by atoms with van der Waals surface area (Å²) in [5.41, 5.74) is 0.154. The van der Waals surface area contributed by atoms with Gasteiger partial charge in [-0.2, -0.15) is 13.2 Å². The molecule has 0 atom stereocenters. The minimum absolute atomic E-state index is 0.197. The third kappa shape index (κ3) is 5.93. The van der Waals surface area contributed by atoms with E-state index in [4.69, 9.17) is 4.74 Å². The van der Waals surface area contributed by atoms with Crippen LogP contribution in [0.5, 0.6) is 5.75 Å². The number of hydrogen-bond donors (Lipinski definition) is 1. The Morgan fingerprint density at radius 3 is 2.61 bits per heavy atom. The Morgan fingerprint density at radius 2 is 1.96 bits per heavy atom. The summed E-state index contributed by atoms with van der Waals surface area (Å²) in [4.78, 5) is 18.8. The van der Waals surface area contributed by atoms with Gasteiger partial charge in [0.15, 0.2) is 11.7 Å². The molecule has 0 spiro atoms. The van der Waals surface area contributed by atoms with E-state index >= 15 is 0 Å². The second-order valence-electron chi connectivity index (χ2n) is 6.96. The smallest absolute Gasteiger partial charge is 0.416 e. The van der Waals surface area contributed by atoms with Crippen LogP contribution in [0.25, 0.3) is 0 Å². The number of ether oxygens (including phenoxy) is 1. The molecule has 0 unspecified atom stereocenters. The molecule has 1 aliphatic rings. The first-order valence-electron chi connectivity index (χ1n) is 9.06. The normalized spacial score (nSPS) is 16.1. The van der Waals surface area contributed by atoms with Crippen LogP contribution < -0.4 is 10.1 Å². The zero-order valence-electron chi connectivity index (χ0n) is 15.5. The monoisotopic (exact) mass is 413 g/mol. The number of carbonyl (C=O) groups excluding carboxylic acids is 1. The highest BCUT2D eigenvalue weighted by molar-refractivity contribution is 7.13. The molecule has 3 rings (SSSR count). The van der Waals surface area contributed by atoms with Crippen LogP contribution in [0.1, 0.15) is 31.0 Å². The number of thiazole rings is 1. The lowest BCUT2D eigenvalue weighted by Gasteiger charge is -2.29. The fourth-order valence-electron chi connectivity index (χ4n) is 2.93. The molecule has 5 nitrogen and oxygen atoms in total. The van der Waals surface area contributed by atoms with E-state index in [0.29, 0.717) is 5.13 Å².